The quantitative estimate of drug-likeness (QED) is 0.542. The molecule has 0 amide bonds. The normalized spacial score (nSPS) is 15.9. The number of hydrogen-bond donors (Lipinski definition) is 1. The van der Waals surface area contributed by atoms with Gasteiger partial charge in [-0.3, -0.25) is 9.71 Å². The summed E-state index contributed by atoms with van der Waals surface area (Å²) in [5, 5.41) is 9.20. The summed E-state index contributed by atoms with van der Waals surface area (Å²) in [4.78, 5) is 18.1. The number of nitrogens with zero attached hydrogens (tertiary/aromatic N) is 5. The Bertz CT molecular complexity index is 1410. The lowest BCUT2D eigenvalue weighted by atomic mass is 10.1. The Morgan fingerprint density at radius 3 is 2.59 bits per heavy atom. The molecular weight excluding hydrogens is 456 g/mol. The van der Waals surface area contributed by atoms with Crippen LogP contribution in [0.4, 0.5) is 5.69 Å². The second-order valence-corrected chi connectivity index (χ2v) is 10.2. The Kier molecular flexibility index (Phi) is 5.63. The summed E-state index contributed by atoms with van der Waals surface area (Å²) in [5.41, 5.74) is 3.12. The van der Waals surface area contributed by atoms with E-state index in [4.69, 9.17) is 14.5 Å². The van der Waals surface area contributed by atoms with Gasteiger partial charge >= 0.3 is 0 Å². The lowest BCUT2D eigenvalue weighted by Crippen LogP contribution is -2.27. The fraction of sp³-hybridized carbons (Fsp3) is 0.348. The van der Waals surface area contributed by atoms with Gasteiger partial charge in [0, 0.05) is 23.9 Å². The molecule has 3 aromatic rings. The Morgan fingerprint density at radius 1 is 1.15 bits per heavy atom. The van der Waals surface area contributed by atoms with Crippen LogP contribution < -0.4 is 9.46 Å². The third-order valence-corrected chi connectivity index (χ3v) is 6.15. The van der Waals surface area contributed by atoms with Crippen molar-refractivity contribution in [1.82, 2.24) is 19.9 Å². The number of pyridine rings is 2. The van der Waals surface area contributed by atoms with Crippen LogP contribution in [0.5, 0.6) is 11.6 Å². The van der Waals surface area contributed by atoms with E-state index in [2.05, 4.69) is 25.7 Å². The van der Waals surface area contributed by atoms with E-state index in [1.54, 1.807) is 24.4 Å². The van der Waals surface area contributed by atoms with Gasteiger partial charge in [-0.2, -0.15) is 5.26 Å². The van der Waals surface area contributed by atoms with E-state index in [1.807, 2.05) is 6.92 Å². The monoisotopic (exact) mass is 478 g/mol. The molecule has 4 heterocycles. The molecule has 0 radical (unpaired) electrons. The molecule has 0 unspecified atom stereocenters. The summed E-state index contributed by atoms with van der Waals surface area (Å²) in [6, 6.07) is 6.93. The van der Waals surface area contributed by atoms with Crippen molar-refractivity contribution in [3.8, 4) is 29.0 Å². The largest absolute Gasteiger partial charge is 0.433 e. The Hall–Kier alpha value is -3.62. The number of ether oxygens (including phenoxy) is 2. The molecule has 34 heavy (non-hydrogen) atoms. The first-order valence-electron chi connectivity index (χ1n) is 10.8. The molecule has 3 aromatic heterocycles. The molecule has 1 aliphatic carbocycles. The van der Waals surface area contributed by atoms with Crippen LogP contribution in [0.25, 0.3) is 11.3 Å². The number of hydrogen-bond acceptors (Lipinski definition) is 9. The molecule has 1 N–H and O–H groups in total. The number of nitrogens with one attached hydrogen (secondary N) is 1. The molecule has 2 aliphatic rings. The van der Waals surface area contributed by atoms with Gasteiger partial charge in [-0.05, 0) is 38.0 Å². The highest BCUT2D eigenvalue weighted by molar-refractivity contribution is 7.92. The van der Waals surface area contributed by atoms with Gasteiger partial charge in [0.05, 0.1) is 48.0 Å². The van der Waals surface area contributed by atoms with Crippen molar-refractivity contribution in [2.75, 3.05) is 24.2 Å². The first kappa shape index (κ1) is 22.2. The molecule has 1 saturated carbocycles. The fourth-order valence-electron chi connectivity index (χ4n) is 3.63. The third-order valence-electron chi connectivity index (χ3n) is 5.56. The van der Waals surface area contributed by atoms with Crippen molar-refractivity contribution in [2.45, 2.75) is 31.6 Å². The zero-order valence-electron chi connectivity index (χ0n) is 18.6. The van der Waals surface area contributed by atoms with Crippen molar-refractivity contribution in [1.29, 1.82) is 5.26 Å². The molecule has 0 bridgehead atoms. The van der Waals surface area contributed by atoms with E-state index in [1.165, 1.54) is 6.20 Å². The predicted molar refractivity (Wildman–Crippen MR) is 123 cm³/mol. The maximum absolute atomic E-state index is 12.0. The number of nitriles is 1. The number of aryl methyl sites for hydroxylation is 1. The highest BCUT2D eigenvalue weighted by atomic mass is 32.2. The maximum atomic E-state index is 12.0. The average Bonchev–Trinajstić information content (AvgIpc) is 3.59. The summed E-state index contributed by atoms with van der Waals surface area (Å²) in [6.45, 7) is 3.05. The molecular formula is C23H22N6O4S. The van der Waals surface area contributed by atoms with Gasteiger partial charge in [0.2, 0.25) is 15.9 Å². The highest BCUT2D eigenvalue weighted by Gasteiger charge is 2.33. The van der Waals surface area contributed by atoms with E-state index in [0.29, 0.717) is 41.5 Å². The predicted octanol–water partition coefficient (Wildman–Crippen LogP) is 3.27. The number of rotatable bonds is 7. The maximum Gasteiger partial charge on any atom is 0.244 e. The summed E-state index contributed by atoms with van der Waals surface area (Å²) >= 11 is 0. The van der Waals surface area contributed by atoms with Crippen LogP contribution in [0, 0.1) is 18.3 Å². The number of anilines is 1. The SMILES string of the molecule is Cc1nc(C2COC2)nc(C2CC2)c1Oc1nc(-c2cncc(C#N)c2)ccc1NS(C)(=O)=O. The van der Waals surface area contributed by atoms with Crippen molar-refractivity contribution < 1.29 is 17.9 Å². The van der Waals surface area contributed by atoms with Gasteiger partial charge < -0.3 is 9.47 Å². The zero-order chi connectivity index (χ0) is 23.9. The van der Waals surface area contributed by atoms with Crippen LogP contribution in [0.3, 0.4) is 0 Å². The second kappa shape index (κ2) is 8.62. The van der Waals surface area contributed by atoms with Gasteiger partial charge in [-0.25, -0.2) is 23.4 Å². The van der Waals surface area contributed by atoms with Gasteiger partial charge in [0.25, 0.3) is 0 Å². The molecule has 11 heteroatoms. The fourth-order valence-corrected chi connectivity index (χ4v) is 4.18. The smallest absolute Gasteiger partial charge is 0.244 e. The van der Waals surface area contributed by atoms with Gasteiger partial charge in [-0.1, -0.05) is 0 Å². The Labute approximate surface area is 197 Å². The van der Waals surface area contributed by atoms with E-state index >= 15 is 0 Å². The zero-order valence-corrected chi connectivity index (χ0v) is 19.5. The second-order valence-electron chi connectivity index (χ2n) is 8.49. The topological polar surface area (TPSA) is 140 Å². The lowest BCUT2D eigenvalue weighted by Gasteiger charge is -2.26. The molecule has 5 rings (SSSR count). The van der Waals surface area contributed by atoms with Crippen LogP contribution >= 0.6 is 0 Å². The van der Waals surface area contributed by atoms with Crippen LogP contribution in [0.1, 0.15) is 47.5 Å². The van der Waals surface area contributed by atoms with E-state index < -0.39 is 10.0 Å². The molecule has 1 saturated heterocycles. The van der Waals surface area contributed by atoms with Crippen LogP contribution in [-0.2, 0) is 14.8 Å². The molecule has 0 atom stereocenters. The van der Waals surface area contributed by atoms with Gasteiger partial charge in [0.1, 0.15) is 17.6 Å². The van der Waals surface area contributed by atoms with Crippen LogP contribution in [0.15, 0.2) is 30.6 Å². The standard InChI is InChI=1S/C23H22N6O4S/c1-13-21(20(15-3-4-15)28-22(26-13)17-11-32-12-17)33-23-19(29-34(2,30)31)6-5-18(27-23)16-7-14(8-24)9-25-10-16/h5-7,9-10,15,17,29H,3-4,11-12H2,1-2H3. The highest BCUT2D eigenvalue weighted by Crippen LogP contribution is 2.46. The van der Waals surface area contributed by atoms with E-state index in [0.717, 1.165) is 30.6 Å². The molecule has 0 aromatic carbocycles. The van der Waals surface area contributed by atoms with Crippen molar-refractivity contribution in [3.63, 3.8) is 0 Å². The molecule has 1 aliphatic heterocycles. The summed E-state index contributed by atoms with van der Waals surface area (Å²) in [7, 11) is -3.59. The Balaban J connectivity index is 1.58. The average molecular weight is 479 g/mol. The van der Waals surface area contributed by atoms with Crippen LogP contribution in [-0.4, -0.2) is 47.8 Å². The van der Waals surface area contributed by atoms with Crippen molar-refractivity contribution >= 4 is 15.7 Å². The van der Waals surface area contributed by atoms with Crippen molar-refractivity contribution in [2.24, 2.45) is 0 Å². The lowest BCUT2D eigenvalue weighted by molar-refractivity contribution is 0.00465. The molecule has 10 nitrogen and oxygen atoms in total. The summed E-state index contributed by atoms with van der Waals surface area (Å²) < 4.78 is 38.0. The van der Waals surface area contributed by atoms with Crippen molar-refractivity contribution in [3.05, 3.63) is 53.4 Å². The molecule has 0 spiro atoms. The number of aromatic nitrogens is 4. The molecule has 174 valence electrons. The van der Waals surface area contributed by atoms with E-state index in [-0.39, 0.29) is 23.4 Å². The van der Waals surface area contributed by atoms with Gasteiger partial charge in [-0.15, -0.1) is 0 Å². The Morgan fingerprint density at radius 2 is 1.94 bits per heavy atom. The molecule has 2 fully saturated rings. The third kappa shape index (κ3) is 4.69. The van der Waals surface area contributed by atoms with E-state index in [9.17, 15) is 13.7 Å². The summed E-state index contributed by atoms with van der Waals surface area (Å²) in [6.07, 6.45) is 6.10. The van der Waals surface area contributed by atoms with Gasteiger partial charge in [0.15, 0.2) is 5.75 Å². The first-order chi connectivity index (χ1) is 16.3. The minimum Gasteiger partial charge on any atom is -0.433 e. The van der Waals surface area contributed by atoms with Crippen LogP contribution in [0.2, 0.25) is 0 Å². The summed E-state index contributed by atoms with van der Waals surface area (Å²) in [5.74, 6) is 1.74. The first-order valence-corrected chi connectivity index (χ1v) is 12.7. The minimum absolute atomic E-state index is 0.0682. The minimum atomic E-state index is -3.59. The number of sulfonamides is 1.